The lowest BCUT2D eigenvalue weighted by atomic mass is 9.35. The first-order chi connectivity index (χ1) is 32.1. The van der Waals surface area contributed by atoms with E-state index in [9.17, 15) is 0 Å². The quantitative estimate of drug-likeness (QED) is 0.163. The molecule has 0 unspecified atom stereocenters. The first-order valence-electron chi connectivity index (χ1n) is 26.9. The molecule has 2 nitrogen and oxygen atoms in total. The van der Waals surface area contributed by atoms with E-state index in [1.54, 1.807) is 16.7 Å². The van der Waals surface area contributed by atoms with Crippen LogP contribution in [0.25, 0.3) is 10.1 Å². The molecule has 9 aliphatic rings. The van der Waals surface area contributed by atoms with Gasteiger partial charge in [0.1, 0.15) is 0 Å². The molecule has 5 aromatic carbocycles. The fourth-order valence-electron chi connectivity index (χ4n) is 15.5. The van der Waals surface area contributed by atoms with Gasteiger partial charge in [0.15, 0.2) is 0 Å². The molecule has 3 heterocycles. The predicted octanol–water partition coefficient (Wildman–Crippen LogP) is 16.4. The summed E-state index contributed by atoms with van der Waals surface area (Å²) in [6, 6.07) is 36.2. The van der Waals surface area contributed by atoms with E-state index in [1.165, 1.54) is 146 Å². The van der Waals surface area contributed by atoms with Gasteiger partial charge in [-0.1, -0.05) is 113 Å². The summed E-state index contributed by atoms with van der Waals surface area (Å²) in [5.41, 5.74) is 22.3. The molecule has 0 saturated heterocycles. The molecule has 6 bridgehead atoms. The molecule has 0 atom stereocenters. The SMILES string of the molecule is CC(C)(C)c1ccc(N2c3cc(C45CC6CC(CC(C6)C4)C5)cc4c3B(c3cc5c(cc3N4c3cc(C(C)(C)C)cc(C(C)(C)C)c3)C3CCC5CC3)c3sc4ccc(C(C)(C)C)cc4c32)cc1. The summed E-state index contributed by atoms with van der Waals surface area (Å²) in [6.45, 7) is 28.9. The summed E-state index contributed by atoms with van der Waals surface area (Å²) in [4.78, 5) is 5.64. The normalized spacial score (nSPS) is 25.8. The molecule has 2 aliphatic heterocycles. The summed E-state index contributed by atoms with van der Waals surface area (Å²) in [6.07, 6.45) is 13.8. The highest BCUT2D eigenvalue weighted by molar-refractivity contribution is 7.33. The Kier molecular flexibility index (Phi) is 9.27. The van der Waals surface area contributed by atoms with Crippen molar-refractivity contribution in [1.29, 1.82) is 0 Å². The van der Waals surface area contributed by atoms with Crippen molar-refractivity contribution in [2.75, 3.05) is 9.80 Å². The van der Waals surface area contributed by atoms with Crippen molar-refractivity contribution in [3.8, 4) is 0 Å². The molecule has 0 spiro atoms. The van der Waals surface area contributed by atoms with Gasteiger partial charge in [0.25, 0.3) is 6.71 Å². The van der Waals surface area contributed by atoms with Crippen molar-refractivity contribution in [2.45, 2.75) is 186 Å². The van der Waals surface area contributed by atoms with Crippen molar-refractivity contribution in [3.05, 3.63) is 124 Å². The van der Waals surface area contributed by atoms with Gasteiger partial charge in [-0.05, 0) is 225 Å². The Balaban J connectivity index is 1.17. The van der Waals surface area contributed by atoms with E-state index in [0.717, 1.165) is 17.8 Å². The van der Waals surface area contributed by atoms with E-state index < -0.39 is 0 Å². The Morgan fingerprint density at radius 3 is 1.56 bits per heavy atom. The van der Waals surface area contributed by atoms with Crippen molar-refractivity contribution in [2.24, 2.45) is 17.8 Å². The van der Waals surface area contributed by atoms with E-state index in [4.69, 9.17) is 0 Å². The molecule has 0 amide bonds. The molecule has 15 rings (SSSR count). The Bertz CT molecular complexity index is 2990. The summed E-state index contributed by atoms with van der Waals surface area (Å²) >= 11 is 2.08. The van der Waals surface area contributed by atoms with Crippen LogP contribution in [0, 0.1) is 17.8 Å². The molecule has 0 radical (unpaired) electrons. The van der Waals surface area contributed by atoms with E-state index in [-0.39, 0.29) is 33.8 Å². The third-order valence-corrected chi connectivity index (χ3v) is 20.1. The minimum absolute atomic E-state index is 0.000536. The lowest BCUT2D eigenvalue weighted by Gasteiger charge is -2.57. The zero-order valence-electron chi connectivity index (χ0n) is 43.4. The molecule has 68 heavy (non-hydrogen) atoms. The van der Waals surface area contributed by atoms with Crippen LogP contribution >= 0.6 is 11.3 Å². The van der Waals surface area contributed by atoms with Gasteiger partial charge in [-0.3, -0.25) is 0 Å². The Morgan fingerprint density at radius 1 is 0.500 bits per heavy atom. The lowest BCUT2D eigenvalue weighted by Crippen LogP contribution is -2.61. The van der Waals surface area contributed by atoms with E-state index >= 15 is 0 Å². The number of hydrogen-bond donors (Lipinski definition) is 0. The third-order valence-electron chi connectivity index (χ3n) is 18.9. The van der Waals surface area contributed by atoms with Gasteiger partial charge >= 0.3 is 0 Å². The molecule has 1 aromatic heterocycles. The number of hydrogen-bond acceptors (Lipinski definition) is 3. The van der Waals surface area contributed by atoms with E-state index in [1.807, 2.05) is 0 Å². The van der Waals surface area contributed by atoms with Gasteiger partial charge in [-0.25, -0.2) is 0 Å². The number of thiophene rings is 1. The van der Waals surface area contributed by atoms with Crippen LogP contribution in [0.1, 0.15) is 198 Å². The number of rotatable bonds is 3. The summed E-state index contributed by atoms with van der Waals surface area (Å²) in [5.74, 6) is 3.92. The standard InChI is InChI=1S/C64H75BN2S/c1-60(2,3)42-17-20-47(21-18-42)67-55-31-46(64-34-37-23-38(35-64)25-39(24-37)36-64)30-54-57(55)65(59-58(67)51-29-43(61(4,5)6)19-22-56(51)68-59)52-32-49-40-13-15-41(16-14-40)50(49)33-53(52)66(54)48-27-44(62(7,8)9)26-45(28-48)63(10,11)12/h17-22,26-33,37-41H,13-16,23-25,34-36H2,1-12H3. The third kappa shape index (κ3) is 6.60. The number of fused-ring (bicyclic) bond motifs is 8. The largest absolute Gasteiger partial charge is 0.311 e. The molecular formula is C64H75BN2S. The van der Waals surface area contributed by atoms with Gasteiger partial charge in [-0.2, -0.15) is 0 Å². The molecule has 0 N–H and O–H groups in total. The van der Waals surface area contributed by atoms with Gasteiger partial charge in [0, 0.05) is 43.3 Å². The first kappa shape index (κ1) is 43.7. The fraction of sp³-hybridized carbons (Fsp3) is 0.500. The molecule has 5 saturated carbocycles. The zero-order chi connectivity index (χ0) is 47.2. The van der Waals surface area contributed by atoms with E-state index in [2.05, 4.69) is 189 Å². The average molecular weight is 915 g/mol. The lowest BCUT2D eigenvalue weighted by molar-refractivity contribution is -0.00514. The van der Waals surface area contributed by atoms with Crippen LogP contribution in [0.2, 0.25) is 0 Å². The van der Waals surface area contributed by atoms with Crippen molar-refractivity contribution >= 4 is 78.0 Å². The molecule has 350 valence electrons. The molecule has 5 fully saturated rings. The van der Waals surface area contributed by atoms with Gasteiger partial charge in [0.2, 0.25) is 0 Å². The summed E-state index contributed by atoms with van der Waals surface area (Å²) in [5, 5.41) is 1.42. The summed E-state index contributed by atoms with van der Waals surface area (Å²) in [7, 11) is 0. The second-order valence-corrected chi connectivity index (χ2v) is 28.7. The number of anilines is 6. The first-order valence-corrected chi connectivity index (χ1v) is 27.7. The Morgan fingerprint density at radius 2 is 1.01 bits per heavy atom. The maximum Gasteiger partial charge on any atom is 0.264 e. The molecule has 6 aromatic rings. The van der Waals surface area contributed by atoms with Crippen LogP contribution in [-0.4, -0.2) is 6.71 Å². The number of nitrogens with zero attached hydrogens (tertiary/aromatic N) is 2. The highest BCUT2D eigenvalue weighted by Gasteiger charge is 2.54. The van der Waals surface area contributed by atoms with Crippen LogP contribution in [0.15, 0.2) is 84.9 Å². The highest BCUT2D eigenvalue weighted by Crippen LogP contribution is 2.62. The Labute approximate surface area is 413 Å². The van der Waals surface area contributed by atoms with Gasteiger partial charge < -0.3 is 9.80 Å². The average Bonchev–Trinajstić information content (AvgIpc) is 3.65. The van der Waals surface area contributed by atoms with Crippen LogP contribution in [0.5, 0.6) is 0 Å². The van der Waals surface area contributed by atoms with Crippen LogP contribution < -0.4 is 25.5 Å². The smallest absolute Gasteiger partial charge is 0.264 e. The molecular weight excluding hydrogens is 840 g/mol. The van der Waals surface area contributed by atoms with Gasteiger partial charge in [0.05, 0.1) is 5.69 Å². The second-order valence-electron chi connectivity index (χ2n) is 27.7. The summed E-state index contributed by atoms with van der Waals surface area (Å²) < 4.78 is 2.92. The topological polar surface area (TPSA) is 6.48 Å². The van der Waals surface area contributed by atoms with Crippen molar-refractivity contribution < 1.29 is 0 Å². The zero-order valence-corrected chi connectivity index (χ0v) is 44.2. The molecule has 4 heteroatoms. The van der Waals surface area contributed by atoms with Crippen LogP contribution in [0.4, 0.5) is 34.1 Å². The van der Waals surface area contributed by atoms with Gasteiger partial charge in [-0.15, -0.1) is 11.3 Å². The maximum absolute atomic E-state index is 2.85. The monoisotopic (exact) mass is 915 g/mol. The van der Waals surface area contributed by atoms with E-state index in [0.29, 0.717) is 11.8 Å². The Hall–Kier alpha value is -4.28. The van der Waals surface area contributed by atoms with Crippen LogP contribution in [-0.2, 0) is 27.1 Å². The minimum atomic E-state index is 0.000536. The fourth-order valence-corrected chi connectivity index (χ4v) is 16.8. The molecule has 7 aliphatic carbocycles. The van der Waals surface area contributed by atoms with Crippen LogP contribution in [0.3, 0.4) is 0 Å². The van der Waals surface area contributed by atoms with Crippen molar-refractivity contribution in [1.82, 2.24) is 0 Å². The minimum Gasteiger partial charge on any atom is -0.311 e. The highest BCUT2D eigenvalue weighted by atomic mass is 32.1. The predicted molar refractivity (Wildman–Crippen MR) is 294 cm³/mol. The van der Waals surface area contributed by atoms with Crippen molar-refractivity contribution in [3.63, 3.8) is 0 Å². The second kappa shape index (κ2) is 14.4. The number of benzene rings is 5. The maximum atomic E-state index is 2.85.